The van der Waals surface area contributed by atoms with Crippen LogP contribution in [0.4, 0.5) is 11.4 Å². The quantitative estimate of drug-likeness (QED) is 0.683. The van der Waals surface area contributed by atoms with Gasteiger partial charge in [0.05, 0.1) is 6.42 Å². The van der Waals surface area contributed by atoms with Crippen molar-refractivity contribution in [1.82, 2.24) is 4.31 Å². The third kappa shape index (κ3) is 5.80. The van der Waals surface area contributed by atoms with Crippen LogP contribution in [-0.2, 0) is 26.0 Å². The van der Waals surface area contributed by atoms with Gasteiger partial charge in [-0.25, -0.2) is 8.42 Å². The molecular formula is C21H26N4O4S. The number of carbonyl (C=O) groups is 2. The number of sulfonamides is 1. The van der Waals surface area contributed by atoms with Crippen LogP contribution in [0.15, 0.2) is 48.5 Å². The van der Waals surface area contributed by atoms with Crippen molar-refractivity contribution >= 4 is 33.2 Å². The minimum atomic E-state index is -3.71. The van der Waals surface area contributed by atoms with Crippen LogP contribution >= 0.6 is 0 Å². The molecule has 1 heterocycles. The molecule has 0 radical (unpaired) electrons. The fourth-order valence-electron chi connectivity index (χ4n) is 3.41. The molecular weight excluding hydrogens is 404 g/mol. The molecule has 0 unspecified atom stereocenters. The average molecular weight is 431 g/mol. The minimum Gasteiger partial charge on any atom is -0.369 e. The molecule has 8 nitrogen and oxygen atoms in total. The van der Waals surface area contributed by atoms with E-state index in [4.69, 9.17) is 5.73 Å². The predicted molar refractivity (Wildman–Crippen MR) is 117 cm³/mol. The van der Waals surface area contributed by atoms with E-state index in [1.807, 2.05) is 25.1 Å². The molecule has 0 atom stereocenters. The van der Waals surface area contributed by atoms with Gasteiger partial charge in [0.1, 0.15) is 5.75 Å². The van der Waals surface area contributed by atoms with E-state index in [0.717, 1.165) is 16.8 Å². The lowest BCUT2D eigenvalue weighted by Crippen LogP contribution is -2.50. The zero-order chi connectivity index (χ0) is 21.7. The molecule has 0 saturated carbocycles. The van der Waals surface area contributed by atoms with Gasteiger partial charge in [-0.1, -0.05) is 24.3 Å². The maximum absolute atomic E-state index is 12.7. The fraction of sp³-hybridized carbons (Fsp3) is 0.333. The summed E-state index contributed by atoms with van der Waals surface area (Å²) in [6.45, 7) is 3.85. The van der Waals surface area contributed by atoms with Gasteiger partial charge < -0.3 is 16.0 Å². The Morgan fingerprint density at radius 3 is 2.30 bits per heavy atom. The number of hydrogen-bond donors (Lipinski definition) is 2. The monoisotopic (exact) mass is 430 g/mol. The Bertz CT molecular complexity index is 1010. The number of primary amides is 1. The molecule has 0 spiro atoms. The van der Waals surface area contributed by atoms with Gasteiger partial charge in [-0.05, 0) is 42.3 Å². The van der Waals surface area contributed by atoms with Crippen LogP contribution in [0, 0.1) is 6.92 Å². The summed E-state index contributed by atoms with van der Waals surface area (Å²) in [7, 11) is -3.71. The van der Waals surface area contributed by atoms with E-state index < -0.39 is 27.6 Å². The molecule has 2 amide bonds. The zero-order valence-electron chi connectivity index (χ0n) is 16.9. The molecule has 0 bridgehead atoms. The van der Waals surface area contributed by atoms with Gasteiger partial charge in [0, 0.05) is 37.6 Å². The fourth-order valence-corrected chi connectivity index (χ4v) is 4.72. The Morgan fingerprint density at radius 2 is 1.70 bits per heavy atom. The van der Waals surface area contributed by atoms with Crippen LogP contribution in [0.25, 0.3) is 0 Å². The summed E-state index contributed by atoms with van der Waals surface area (Å²) in [4.78, 5) is 25.3. The van der Waals surface area contributed by atoms with Crippen molar-refractivity contribution in [3.05, 3.63) is 59.7 Å². The number of aryl methyl sites for hydroxylation is 1. The van der Waals surface area contributed by atoms with Gasteiger partial charge >= 0.3 is 0 Å². The third-order valence-corrected chi connectivity index (χ3v) is 6.71. The van der Waals surface area contributed by atoms with E-state index in [0.29, 0.717) is 31.9 Å². The number of piperazine rings is 1. The largest absolute Gasteiger partial charge is 0.369 e. The second-order valence-electron chi connectivity index (χ2n) is 7.37. The highest BCUT2D eigenvalue weighted by Gasteiger charge is 2.29. The summed E-state index contributed by atoms with van der Waals surface area (Å²) < 4.78 is 26.7. The first-order valence-corrected chi connectivity index (χ1v) is 11.3. The summed E-state index contributed by atoms with van der Waals surface area (Å²) >= 11 is 0. The van der Waals surface area contributed by atoms with E-state index in [9.17, 15) is 18.0 Å². The van der Waals surface area contributed by atoms with Gasteiger partial charge in [0.25, 0.3) is 0 Å². The number of carbonyl (C=O) groups excluding carboxylic acids is 2. The Labute approximate surface area is 176 Å². The Hall–Kier alpha value is -2.91. The lowest BCUT2D eigenvalue weighted by molar-refractivity contribution is -0.117. The highest BCUT2D eigenvalue weighted by Crippen LogP contribution is 2.19. The van der Waals surface area contributed by atoms with Crippen LogP contribution < -0.4 is 16.0 Å². The molecule has 3 rings (SSSR count). The first-order valence-electron chi connectivity index (χ1n) is 9.69. The van der Waals surface area contributed by atoms with Crippen molar-refractivity contribution in [2.75, 3.05) is 42.1 Å². The van der Waals surface area contributed by atoms with Gasteiger partial charge in [-0.3, -0.25) is 9.59 Å². The molecule has 0 aliphatic carbocycles. The molecule has 0 aromatic heterocycles. The molecule has 160 valence electrons. The number of anilines is 2. The van der Waals surface area contributed by atoms with Crippen molar-refractivity contribution in [2.45, 2.75) is 13.3 Å². The molecule has 2 aromatic carbocycles. The van der Waals surface area contributed by atoms with Gasteiger partial charge in [0.15, 0.2) is 0 Å². The summed E-state index contributed by atoms with van der Waals surface area (Å²) in [5.41, 5.74) is 8.56. The summed E-state index contributed by atoms with van der Waals surface area (Å²) in [5, 5.41) is 2.59. The van der Waals surface area contributed by atoms with E-state index in [1.54, 1.807) is 24.3 Å². The number of rotatable bonds is 7. The van der Waals surface area contributed by atoms with Crippen molar-refractivity contribution < 1.29 is 18.0 Å². The van der Waals surface area contributed by atoms with Crippen molar-refractivity contribution in [1.29, 1.82) is 0 Å². The van der Waals surface area contributed by atoms with Crippen LogP contribution in [0.2, 0.25) is 0 Å². The summed E-state index contributed by atoms with van der Waals surface area (Å²) in [6, 6.07) is 14.7. The van der Waals surface area contributed by atoms with Crippen LogP contribution in [0.5, 0.6) is 0 Å². The number of nitrogens with two attached hydrogens (primary N) is 1. The van der Waals surface area contributed by atoms with Gasteiger partial charge in [-0.2, -0.15) is 4.31 Å². The van der Waals surface area contributed by atoms with Crippen LogP contribution in [0.1, 0.15) is 11.1 Å². The van der Waals surface area contributed by atoms with E-state index in [-0.39, 0.29) is 6.42 Å². The highest BCUT2D eigenvalue weighted by atomic mass is 32.2. The predicted octanol–water partition coefficient (Wildman–Crippen LogP) is 1.11. The normalized spacial score (nSPS) is 15.0. The number of nitrogens with one attached hydrogen (secondary N) is 1. The number of benzene rings is 2. The average Bonchev–Trinajstić information content (AvgIpc) is 2.69. The van der Waals surface area contributed by atoms with E-state index >= 15 is 0 Å². The Kier molecular flexibility index (Phi) is 6.73. The maximum Gasteiger partial charge on any atom is 0.241 e. The topological polar surface area (TPSA) is 113 Å². The molecule has 3 N–H and O–H groups in total. The Balaban J connectivity index is 1.53. The SMILES string of the molecule is Cc1cccc(N2CCN(S(=O)(=O)CC(=O)Nc3ccc(CC(N)=O)cc3)CC2)c1. The van der Waals surface area contributed by atoms with Crippen molar-refractivity contribution in [3.63, 3.8) is 0 Å². The number of nitrogens with zero attached hydrogens (tertiary/aromatic N) is 2. The first kappa shape index (κ1) is 21.8. The smallest absolute Gasteiger partial charge is 0.241 e. The van der Waals surface area contributed by atoms with E-state index in [2.05, 4.69) is 16.3 Å². The molecule has 9 heteroatoms. The highest BCUT2D eigenvalue weighted by molar-refractivity contribution is 7.89. The second kappa shape index (κ2) is 9.27. The lowest BCUT2D eigenvalue weighted by atomic mass is 10.1. The minimum absolute atomic E-state index is 0.108. The molecule has 1 aliphatic heterocycles. The standard InChI is InChI=1S/C21H26N4O4S/c1-16-3-2-4-19(13-16)24-9-11-25(12-10-24)30(28,29)15-21(27)23-18-7-5-17(6-8-18)14-20(22)26/h2-8,13H,9-12,14-15H2,1H3,(H2,22,26)(H,23,27). The molecule has 1 fully saturated rings. The van der Waals surface area contributed by atoms with E-state index in [1.165, 1.54) is 4.31 Å². The number of hydrogen-bond acceptors (Lipinski definition) is 5. The third-order valence-electron chi connectivity index (χ3n) is 4.93. The first-order chi connectivity index (χ1) is 14.2. The Morgan fingerprint density at radius 1 is 1.03 bits per heavy atom. The van der Waals surface area contributed by atoms with Crippen molar-refractivity contribution in [2.24, 2.45) is 5.73 Å². The molecule has 1 aliphatic rings. The maximum atomic E-state index is 12.7. The summed E-state index contributed by atoms with van der Waals surface area (Å²) in [6.07, 6.45) is 0.108. The van der Waals surface area contributed by atoms with Crippen molar-refractivity contribution in [3.8, 4) is 0 Å². The number of amides is 2. The van der Waals surface area contributed by atoms with Crippen LogP contribution in [0.3, 0.4) is 0 Å². The van der Waals surface area contributed by atoms with Gasteiger partial charge in [0.2, 0.25) is 21.8 Å². The summed E-state index contributed by atoms with van der Waals surface area (Å²) in [5.74, 6) is -1.65. The second-order valence-corrected chi connectivity index (χ2v) is 9.34. The molecule has 2 aromatic rings. The lowest BCUT2D eigenvalue weighted by Gasteiger charge is -2.35. The van der Waals surface area contributed by atoms with Crippen LogP contribution in [-0.4, -0.2) is 56.5 Å². The van der Waals surface area contributed by atoms with Gasteiger partial charge in [-0.15, -0.1) is 0 Å². The molecule has 1 saturated heterocycles. The molecule has 30 heavy (non-hydrogen) atoms. The zero-order valence-corrected chi connectivity index (χ0v) is 17.7.